The van der Waals surface area contributed by atoms with Gasteiger partial charge in [0.2, 0.25) is 5.91 Å². The van der Waals surface area contributed by atoms with E-state index in [0.29, 0.717) is 11.3 Å². The van der Waals surface area contributed by atoms with Crippen molar-refractivity contribution >= 4 is 17.2 Å². The molecule has 2 N–H and O–H groups in total. The van der Waals surface area contributed by atoms with Gasteiger partial charge in [0.25, 0.3) is 0 Å². The smallest absolute Gasteiger partial charge is 0.366 e. The third kappa shape index (κ3) is 1.58. The zero-order chi connectivity index (χ0) is 9.35. The van der Waals surface area contributed by atoms with Gasteiger partial charge >= 0.3 is 6.18 Å². The third-order valence-corrected chi connectivity index (χ3v) is 2.15. The molecule has 0 saturated heterocycles. The number of carbonyl (C=O) groups excluding carboxylic acids is 1. The number of primary amides is 1. The van der Waals surface area contributed by atoms with Crippen LogP contribution in [0.15, 0.2) is 11.4 Å². The molecule has 0 atom stereocenters. The van der Waals surface area contributed by atoms with Crippen molar-refractivity contribution in [2.24, 2.45) is 5.73 Å². The van der Waals surface area contributed by atoms with Gasteiger partial charge in [0, 0.05) is 0 Å². The highest BCUT2D eigenvalue weighted by atomic mass is 32.1. The predicted molar refractivity (Wildman–Crippen MR) is 37.8 cm³/mol. The van der Waals surface area contributed by atoms with Crippen LogP contribution >= 0.6 is 11.3 Å². The molecule has 1 amide bonds. The predicted octanol–water partition coefficient (Wildman–Crippen LogP) is 1.87. The minimum Gasteiger partial charge on any atom is -0.366 e. The van der Waals surface area contributed by atoms with Gasteiger partial charge < -0.3 is 5.73 Å². The van der Waals surface area contributed by atoms with Crippen molar-refractivity contribution in [1.29, 1.82) is 0 Å². The van der Waals surface area contributed by atoms with Crippen molar-refractivity contribution in [3.05, 3.63) is 21.9 Å². The molecule has 1 aromatic rings. The number of thiophene rings is 1. The van der Waals surface area contributed by atoms with Gasteiger partial charge in [-0.2, -0.15) is 13.2 Å². The summed E-state index contributed by atoms with van der Waals surface area (Å²) >= 11 is 0.459. The first kappa shape index (κ1) is 9.05. The Balaban J connectivity index is 3.17. The summed E-state index contributed by atoms with van der Waals surface area (Å²) in [5, 5.41) is 1.18. The largest absolute Gasteiger partial charge is 0.426 e. The Labute approximate surface area is 69.8 Å². The molecule has 12 heavy (non-hydrogen) atoms. The second-order valence-electron chi connectivity index (χ2n) is 2.03. The van der Waals surface area contributed by atoms with Gasteiger partial charge in [-0.15, -0.1) is 11.3 Å². The molecule has 66 valence electrons. The quantitative estimate of drug-likeness (QED) is 0.730. The van der Waals surface area contributed by atoms with Crippen molar-refractivity contribution in [3.8, 4) is 0 Å². The molecule has 0 aliphatic carbocycles. The van der Waals surface area contributed by atoms with E-state index in [2.05, 4.69) is 0 Å². The van der Waals surface area contributed by atoms with Crippen LogP contribution in [-0.2, 0) is 6.18 Å². The first-order chi connectivity index (χ1) is 5.43. The summed E-state index contributed by atoms with van der Waals surface area (Å²) in [4.78, 5) is 9.52. The summed E-state index contributed by atoms with van der Waals surface area (Å²) in [6.45, 7) is 0. The van der Waals surface area contributed by atoms with Crippen molar-refractivity contribution in [1.82, 2.24) is 0 Å². The van der Waals surface area contributed by atoms with Crippen LogP contribution in [0.3, 0.4) is 0 Å². The number of nitrogens with two attached hydrogens (primary N) is 1. The van der Waals surface area contributed by atoms with Crippen molar-refractivity contribution in [3.63, 3.8) is 0 Å². The summed E-state index contributed by atoms with van der Waals surface area (Å²) in [5.41, 5.74) is 4.26. The standard InChI is InChI=1S/C6H4F3NOS/c7-6(8,9)4-3(5(10)11)1-2-12-4/h1-2H,(H2,10,11). The number of hydrogen-bond acceptors (Lipinski definition) is 2. The van der Waals surface area contributed by atoms with E-state index in [1.807, 2.05) is 0 Å². The molecule has 0 radical (unpaired) electrons. The van der Waals surface area contributed by atoms with Crippen LogP contribution in [0.4, 0.5) is 13.2 Å². The van der Waals surface area contributed by atoms with Crippen LogP contribution in [0, 0.1) is 0 Å². The Morgan fingerprint density at radius 2 is 2.08 bits per heavy atom. The van der Waals surface area contributed by atoms with Gasteiger partial charge in [0.05, 0.1) is 5.56 Å². The molecule has 1 rings (SSSR count). The molecular weight excluding hydrogens is 191 g/mol. The van der Waals surface area contributed by atoms with E-state index in [9.17, 15) is 18.0 Å². The molecule has 0 fully saturated rings. The Kier molecular flexibility index (Phi) is 2.10. The fourth-order valence-electron chi connectivity index (χ4n) is 0.723. The lowest BCUT2D eigenvalue weighted by atomic mass is 10.2. The highest BCUT2D eigenvalue weighted by molar-refractivity contribution is 7.10. The van der Waals surface area contributed by atoms with Gasteiger partial charge in [-0.25, -0.2) is 0 Å². The van der Waals surface area contributed by atoms with Crippen LogP contribution in [0.25, 0.3) is 0 Å². The van der Waals surface area contributed by atoms with E-state index < -0.39 is 22.5 Å². The van der Waals surface area contributed by atoms with Crippen molar-refractivity contribution in [2.75, 3.05) is 0 Å². The number of hydrogen-bond donors (Lipinski definition) is 1. The molecule has 0 aromatic carbocycles. The maximum atomic E-state index is 12.0. The lowest BCUT2D eigenvalue weighted by Gasteiger charge is -2.03. The Hall–Kier alpha value is -1.04. The van der Waals surface area contributed by atoms with E-state index in [4.69, 9.17) is 5.73 Å². The minimum absolute atomic E-state index is 0.459. The average molecular weight is 195 g/mol. The summed E-state index contributed by atoms with van der Waals surface area (Å²) < 4.78 is 36.1. The number of rotatable bonds is 1. The fourth-order valence-corrected chi connectivity index (χ4v) is 1.49. The summed E-state index contributed by atoms with van der Waals surface area (Å²) in [7, 11) is 0. The highest BCUT2D eigenvalue weighted by Crippen LogP contribution is 2.35. The van der Waals surface area contributed by atoms with Gasteiger partial charge in [-0.3, -0.25) is 4.79 Å². The molecule has 0 saturated carbocycles. The van der Waals surface area contributed by atoms with E-state index in [0.717, 1.165) is 6.07 Å². The monoisotopic (exact) mass is 195 g/mol. The summed E-state index contributed by atoms with van der Waals surface area (Å²) in [5.74, 6) is -1.05. The molecule has 0 bridgehead atoms. The van der Waals surface area contributed by atoms with Crippen LogP contribution < -0.4 is 5.73 Å². The Morgan fingerprint density at radius 1 is 1.50 bits per heavy atom. The molecule has 0 aliphatic rings. The number of halogens is 3. The lowest BCUT2D eigenvalue weighted by Crippen LogP contribution is -2.15. The number of alkyl halides is 3. The van der Waals surface area contributed by atoms with Crippen molar-refractivity contribution in [2.45, 2.75) is 6.18 Å². The van der Waals surface area contributed by atoms with Gasteiger partial charge in [0.15, 0.2) is 0 Å². The van der Waals surface area contributed by atoms with Crippen LogP contribution in [0.5, 0.6) is 0 Å². The maximum absolute atomic E-state index is 12.0. The van der Waals surface area contributed by atoms with Gasteiger partial charge in [-0.05, 0) is 11.4 Å². The van der Waals surface area contributed by atoms with E-state index in [-0.39, 0.29) is 0 Å². The third-order valence-electron chi connectivity index (χ3n) is 1.19. The molecule has 6 heteroatoms. The zero-order valence-electron chi connectivity index (χ0n) is 5.68. The lowest BCUT2D eigenvalue weighted by molar-refractivity contribution is -0.134. The fraction of sp³-hybridized carbons (Fsp3) is 0.167. The second kappa shape index (κ2) is 2.78. The molecular formula is C6H4F3NOS. The second-order valence-corrected chi connectivity index (χ2v) is 2.94. The molecule has 1 aromatic heterocycles. The first-order valence-electron chi connectivity index (χ1n) is 2.87. The normalized spacial score (nSPS) is 11.6. The van der Waals surface area contributed by atoms with Crippen LogP contribution in [-0.4, -0.2) is 5.91 Å². The highest BCUT2D eigenvalue weighted by Gasteiger charge is 2.36. The topological polar surface area (TPSA) is 43.1 Å². The summed E-state index contributed by atoms with van der Waals surface area (Å²) in [6, 6.07) is 1.07. The van der Waals surface area contributed by atoms with E-state index in [1.165, 1.54) is 5.38 Å². The maximum Gasteiger partial charge on any atom is 0.426 e. The van der Waals surface area contributed by atoms with Gasteiger partial charge in [0.1, 0.15) is 4.88 Å². The summed E-state index contributed by atoms with van der Waals surface area (Å²) in [6.07, 6.45) is -4.49. The average Bonchev–Trinajstić information content (AvgIpc) is 2.30. The molecule has 1 heterocycles. The SMILES string of the molecule is NC(=O)c1ccsc1C(F)(F)F. The molecule has 0 spiro atoms. The van der Waals surface area contributed by atoms with Crippen LogP contribution in [0.1, 0.15) is 15.2 Å². The zero-order valence-corrected chi connectivity index (χ0v) is 6.50. The molecule has 0 unspecified atom stereocenters. The minimum atomic E-state index is -4.49. The number of amides is 1. The van der Waals surface area contributed by atoms with E-state index in [1.54, 1.807) is 0 Å². The van der Waals surface area contributed by atoms with Crippen molar-refractivity contribution < 1.29 is 18.0 Å². The Bertz CT molecular complexity index is 304. The van der Waals surface area contributed by atoms with Gasteiger partial charge in [-0.1, -0.05) is 0 Å². The molecule has 2 nitrogen and oxygen atoms in total. The molecule has 0 aliphatic heterocycles. The first-order valence-corrected chi connectivity index (χ1v) is 3.75. The van der Waals surface area contributed by atoms with Crippen LogP contribution in [0.2, 0.25) is 0 Å². The van der Waals surface area contributed by atoms with E-state index >= 15 is 0 Å². The number of carbonyl (C=O) groups is 1. The Morgan fingerprint density at radius 3 is 2.42 bits per heavy atom.